The number of anilines is 1. The predicted octanol–water partition coefficient (Wildman–Crippen LogP) is 3.03. The molecular formula is C17H14N4O. The molecule has 1 heterocycles. The quantitative estimate of drug-likeness (QED) is 0.573. The standard InChI is InChI=1S/C17H14N4O/c22-16-14-10-4-5-11-15(14)19-17(20-16)21-18-12-6-9-13-7-2-1-3-8-13/h1-12H,(H2,19,20,21,22)/b9-6+,18-12+. The lowest BCUT2D eigenvalue weighted by Gasteiger charge is -2.00. The van der Waals surface area contributed by atoms with Crippen LogP contribution in [0.5, 0.6) is 0 Å². The van der Waals surface area contributed by atoms with Crippen molar-refractivity contribution < 1.29 is 0 Å². The molecule has 2 aromatic carbocycles. The molecule has 0 saturated carbocycles. The summed E-state index contributed by atoms with van der Waals surface area (Å²) in [6.45, 7) is 0. The number of aromatic amines is 1. The zero-order valence-electron chi connectivity index (χ0n) is 11.7. The van der Waals surface area contributed by atoms with Crippen molar-refractivity contribution in [2.45, 2.75) is 0 Å². The highest BCUT2D eigenvalue weighted by atomic mass is 16.1. The van der Waals surface area contributed by atoms with Crippen LogP contribution in [0.1, 0.15) is 5.56 Å². The fraction of sp³-hybridized carbons (Fsp3) is 0. The molecular weight excluding hydrogens is 276 g/mol. The summed E-state index contributed by atoms with van der Waals surface area (Å²) in [5.74, 6) is 0.313. The molecule has 0 aliphatic rings. The third-order valence-corrected chi connectivity index (χ3v) is 3.03. The van der Waals surface area contributed by atoms with Crippen molar-refractivity contribution in [2.75, 3.05) is 5.43 Å². The lowest BCUT2D eigenvalue weighted by atomic mass is 10.2. The maximum absolute atomic E-state index is 11.9. The molecule has 0 radical (unpaired) electrons. The van der Waals surface area contributed by atoms with E-state index in [4.69, 9.17) is 0 Å². The van der Waals surface area contributed by atoms with Gasteiger partial charge in [-0.3, -0.25) is 9.78 Å². The van der Waals surface area contributed by atoms with Crippen molar-refractivity contribution in [3.63, 3.8) is 0 Å². The van der Waals surface area contributed by atoms with Crippen LogP contribution in [0.3, 0.4) is 0 Å². The van der Waals surface area contributed by atoms with Crippen LogP contribution in [-0.2, 0) is 0 Å². The SMILES string of the molecule is O=c1[nH]c(N/N=C/C=C/c2ccccc2)nc2ccccc12. The number of nitrogens with zero attached hydrogens (tertiary/aromatic N) is 2. The van der Waals surface area contributed by atoms with Gasteiger partial charge in [-0.15, -0.1) is 0 Å². The van der Waals surface area contributed by atoms with Gasteiger partial charge >= 0.3 is 0 Å². The predicted molar refractivity (Wildman–Crippen MR) is 90.0 cm³/mol. The zero-order valence-corrected chi connectivity index (χ0v) is 11.7. The Morgan fingerprint density at radius 3 is 2.68 bits per heavy atom. The van der Waals surface area contributed by atoms with Crippen LogP contribution in [0.2, 0.25) is 0 Å². The monoisotopic (exact) mass is 290 g/mol. The van der Waals surface area contributed by atoms with Crippen molar-refractivity contribution in [1.29, 1.82) is 0 Å². The summed E-state index contributed by atoms with van der Waals surface area (Å²) < 4.78 is 0. The average molecular weight is 290 g/mol. The third kappa shape index (κ3) is 3.27. The van der Waals surface area contributed by atoms with Crippen LogP contribution in [0.15, 0.2) is 70.6 Å². The zero-order chi connectivity index (χ0) is 15.2. The number of hydrogen-bond donors (Lipinski definition) is 2. The van der Waals surface area contributed by atoms with E-state index < -0.39 is 0 Å². The van der Waals surface area contributed by atoms with Crippen LogP contribution >= 0.6 is 0 Å². The fourth-order valence-electron chi connectivity index (χ4n) is 2.00. The van der Waals surface area contributed by atoms with Gasteiger partial charge in [0.2, 0.25) is 5.95 Å². The van der Waals surface area contributed by atoms with Crippen molar-refractivity contribution in [1.82, 2.24) is 9.97 Å². The summed E-state index contributed by atoms with van der Waals surface area (Å²) in [5.41, 5.74) is 4.24. The first kappa shape index (κ1) is 13.8. The van der Waals surface area contributed by atoms with Crippen molar-refractivity contribution in [3.05, 3.63) is 76.6 Å². The minimum absolute atomic E-state index is 0.192. The van der Waals surface area contributed by atoms with Crippen LogP contribution in [-0.4, -0.2) is 16.2 Å². The van der Waals surface area contributed by atoms with Gasteiger partial charge in [-0.05, 0) is 23.8 Å². The Morgan fingerprint density at radius 1 is 1.05 bits per heavy atom. The molecule has 3 rings (SSSR count). The van der Waals surface area contributed by atoms with Crippen LogP contribution in [0.4, 0.5) is 5.95 Å². The summed E-state index contributed by atoms with van der Waals surface area (Å²) in [5, 5.41) is 4.57. The topological polar surface area (TPSA) is 70.1 Å². The second-order valence-corrected chi connectivity index (χ2v) is 4.59. The van der Waals surface area contributed by atoms with Gasteiger partial charge in [-0.1, -0.05) is 48.5 Å². The lowest BCUT2D eigenvalue weighted by Crippen LogP contribution is -2.10. The van der Waals surface area contributed by atoms with E-state index in [1.807, 2.05) is 48.6 Å². The molecule has 0 spiro atoms. The van der Waals surface area contributed by atoms with E-state index in [1.54, 1.807) is 24.4 Å². The van der Waals surface area contributed by atoms with Crippen LogP contribution in [0.25, 0.3) is 17.0 Å². The number of rotatable bonds is 4. The summed E-state index contributed by atoms with van der Waals surface area (Å²) in [4.78, 5) is 18.8. The number of benzene rings is 2. The van der Waals surface area contributed by atoms with Gasteiger partial charge in [0.15, 0.2) is 0 Å². The van der Waals surface area contributed by atoms with Gasteiger partial charge < -0.3 is 0 Å². The van der Waals surface area contributed by atoms with Crippen LogP contribution < -0.4 is 11.0 Å². The smallest absolute Gasteiger partial charge is 0.260 e. The molecule has 0 saturated heterocycles. The van der Waals surface area contributed by atoms with E-state index in [1.165, 1.54) is 0 Å². The molecule has 0 atom stereocenters. The molecule has 22 heavy (non-hydrogen) atoms. The van der Waals surface area contributed by atoms with E-state index in [0.29, 0.717) is 16.9 Å². The normalized spacial score (nSPS) is 11.5. The van der Waals surface area contributed by atoms with E-state index >= 15 is 0 Å². The van der Waals surface area contributed by atoms with E-state index in [-0.39, 0.29) is 5.56 Å². The van der Waals surface area contributed by atoms with Gasteiger partial charge in [0.25, 0.3) is 5.56 Å². The highest BCUT2D eigenvalue weighted by Gasteiger charge is 2.01. The number of hydrogen-bond acceptors (Lipinski definition) is 4. The second kappa shape index (κ2) is 6.49. The van der Waals surface area contributed by atoms with Gasteiger partial charge in [0.05, 0.1) is 10.9 Å². The second-order valence-electron chi connectivity index (χ2n) is 4.59. The Balaban J connectivity index is 1.70. The molecule has 1 aromatic heterocycles. The molecule has 5 heteroatoms. The molecule has 0 bridgehead atoms. The summed E-state index contributed by atoms with van der Waals surface area (Å²) in [7, 11) is 0. The minimum Gasteiger partial charge on any atom is -0.291 e. The van der Waals surface area contributed by atoms with Gasteiger partial charge in [0.1, 0.15) is 0 Å². The highest BCUT2D eigenvalue weighted by molar-refractivity contribution is 5.80. The van der Waals surface area contributed by atoms with E-state index in [9.17, 15) is 4.79 Å². The van der Waals surface area contributed by atoms with Gasteiger partial charge in [0, 0.05) is 6.21 Å². The lowest BCUT2D eigenvalue weighted by molar-refractivity contribution is 1.12. The average Bonchev–Trinajstić information content (AvgIpc) is 2.56. The third-order valence-electron chi connectivity index (χ3n) is 3.03. The molecule has 0 unspecified atom stereocenters. The van der Waals surface area contributed by atoms with Crippen molar-refractivity contribution in [2.24, 2.45) is 5.10 Å². The number of allylic oxidation sites excluding steroid dienone is 1. The Hall–Kier alpha value is -3.21. The first-order valence-corrected chi connectivity index (χ1v) is 6.83. The van der Waals surface area contributed by atoms with Crippen molar-refractivity contribution >= 4 is 29.1 Å². The molecule has 2 N–H and O–H groups in total. The summed E-state index contributed by atoms with van der Waals surface area (Å²) in [6.07, 6.45) is 5.34. The maximum atomic E-state index is 11.9. The van der Waals surface area contributed by atoms with Crippen molar-refractivity contribution in [3.8, 4) is 0 Å². The molecule has 0 aliphatic carbocycles. The number of nitrogens with one attached hydrogen (secondary N) is 2. The number of hydrazone groups is 1. The Kier molecular flexibility index (Phi) is 4.06. The molecule has 108 valence electrons. The van der Waals surface area contributed by atoms with Crippen LogP contribution in [0, 0.1) is 0 Å². The maximum Gasteiger partial charge on any atom is 0.260 e. The molecule has 0 fully saturated rings. The molecule has 5 nitrogen and oxygen atoms in total. The molecule has 0 aliphatic heterocycles. The Labute approximate surface area is 127 Å². The van der Waals surface area contributed by atoms with E-state index in [0.717, 1.165) is 5.56 Å². The number of aromatic nitrogens is 2. The molecule has 3 aromatic rings. The van der Waals surface area contributed by atoms with E-state index in [2.05, 4.69) is 20.5 Å². The fourth-order valence-corrected chi connectivity index (χ4v) is 2.00. The number of para-hydroxylation sites is 1. The largest absolute Gasteiger partial charge is 0.291 e. The number of H-pyrrole nitrogens is 1. The first-order valence-electron chi connectivity index (χ1n) is 6.83. The first-order chi connectivity index (χ1) is 10.8. The Bertz CT molecular complexity index is 882. The summed E-state index contributed by atoms with van der Waals surface area (Å²) >= 11 is 0. The Morgan fingerprint density at radius 2 is 1.82 bits per heavy atom. The molecule has 0 amide bonds. The summed E-state index contributed by atoms with van der Waals surface area (Å²) in [6, 6.07) is 17.1. The van der Waals surface area contributed by atoms with Gasteiger partial charge in [-0.2, -0.15) is 5.10 Å². The van der Waals surface area contributed by atoms with Gasteiger partial charge in [-0.25, -0.2) is 10.4 Å². The minimum atomic E-state index is -0.192. The highest BCUT2D eigenvalue weighted by Crippen LogP contribution is 2.07. The number of fused-ring (bicyclic) bond motifs is 1.